The zero-order chi connectivity index (χ0) is 8.55. The van der Waals surface area contributed by atoms with Crippen LogP contribution in [0, 0.1) is 17.8 Å². The number of rotatable bonds is 2. The van der Waals surface area contributed by atoms with Crippen molar-refractivity contribution in [3.05, 3.63) is 12.2 Å². The van der Waals surface area contributed by atoms with E-state index >= 15 is 0 Å². The van der Waals surface area contributed by atoms with Gasteiger partial charge in [0.2, 0.25) is 0 Å². The van der Waals surface area contributed by atoms with E-state index in [0.29, 0.717) is 0 Å². The van der Waals surface area contributed by atoms with E-state index in [1.807, 2.05) is 0 Å². The minimum atomic E-state index is 0.856. The molecule has 0 spiro atoms. The van der Waals surface area contributed by atoms with Crippen LogP contribution in [0.15, 0.2) is 17.1 Å². The average molecular weight is 163 g/mol. The normalized spacial score (nSPS) is 37.3. The van der Waals surface area contributed by atoms with Crippen LogP contribution in [-0.2, 0) is 0 Å². The molecule has 0 aromatic rings. The Kier molecular flexibility index (Phi) is 2.03. The number of hydrogen-bond acceptors (Lipinski definition) is 1. The summed E-state index contributed by atoms with van der Waals surface area (Å²) in [5, 5.41) is 0. The fraction of sp³-hybridized carbons (Fsp3) is 0.727. The second-order valence-corrected chi connectivity index (χ2v) is 4.33. The molecule has 0 aromatic carbocycles. The molecule has 0 heterocycles. The van der Waals surface area contributed by atoms with Gasteiger partial charge in [-0.25, -0.2) is 0 Å². The van der Waals surface area contributed by atoms with Gasteiger partial charge in [0.05, 0.1) is 0 Å². The SMILES string of the molecule is CC(C)=NCC1CC2C=CC1C2. The Hall–Kier alpha value is -0.590. The molecule has 1 nitrogen and oxygen atoms in total. The first-order valence-electron chi connectivity index (χ1n) is 4.91. The highest BCUT2D eigenvalue weighted by molar-refractivity contribution is 5.79. The molecule has 2 bridgehead atoms. The van der Waals surface area contributed by atoms with E-state index in [2.05, 4.69) is 31.0 Å². The number of aliphatic imine (C=N–C) groups is 1. The molecule has 0 radical (unpaired) electrons. The average Bonchev–Trinajstić information content (AvgIpc) is 2.60. The molecule has 0 aromatic heterocycles. The van der Waals surface area contributed by atoms with Crippen LogP contribution in [0.25, 0.3) is 0 Å². The quantitative estimate of drug-likeness (QED) is 0.438. The highest BCUT2D eigenvalue weighted by Crippen LogP contribution is 2.43. The van der Waals surface area contributed by atoms with E-state index < -0.39 is 0 Å². The molecule has 12 heavy (non-hydrogen) atoms. The summed E-state index contributed by atoms with van der Waals surface area (Å²) in [6.07, 6.45) is 7.59. The second kappa shape index (κ2) is 3.04. The van der Waals surface area contributed by atoms with E-state index in [1.54, 1.807) is 0 Å². The maximum absolute atomic E-state index is 4.51. The van der Waals surface area contributed by atoms with Crippen molar-refractivity contribution in [3.63, 3.8) is 0 Å². The smallest absolute Gasteiger partial charge is 0.0422 e. The topological polar surface area (TPSA) is 12.4 Å². The third kappa shape index (κ3) is 1.45. The molecule has 1 fully saturated rings. The molecule has 0 aliphatic heterocycles. The molecule has 3 unspecified atom stereocenters. The molecule has 66 valence electrons. The first kappa shape index (κ1) is 8.03. The molecule has 0 saturated heterocycles. The highest BCUT2D eigenvalue weighted by atomic mass is 14.7. The highest BCUT2D eigenvalue weighted by Gasteiger charge is 2.34. The predicted octanol–water partition coefficient (Wildman–Crippen LogP) is 2.68. The van der Waals surface area contributed by atoms with Crippen LogP contribution in [-0.4, -0.2) is 12.3 Å². The lowest BCUT2D eigenvalue weighted by molar-refractivity contribution is 0.460. The summed E-state index contributed by atoms with van der Waals surface area (Å²) < 4.78 is 0. The standard InChI is InChI=1S/C11H17N/c1-8(2)12-7-11-6-9-3-4-10(11)5-9/h3-4,9-11H,5-7H2,1-2H3. The van der Waals surface area contributed by atoms with Gasteiger partial charge in [0.25, 0.3) is 0 Å². The minimum absolute atomic E-state index is 0.856. The van der Waals surface area contributed by atoms with Crippen molar-refractivity contribution in [2.75, 3.05) is 6.54 Å². The molecule has 0 N–H and O–H groups in total. The van der Waals surface area contributed by atoms with Gasteiger partial charge in [-0.05, 0) is 44.4 Å². The summed E-state index contributed by atoms with van der Waals surface area (Å²) in [4.78, 5) is 4.51. The van der Waals surface area contributed by atoms with Crippen LogP contribution in [0.5, 0.6) is 0 Å². The molecular formula is C11H17N. The largest absolute Gasteiger partial charge is 0.294 e. The van der Waals surface area contributed by atoms with Crippen LogP contribution < -0.4 is 0 Å². The summed E-state index contributed by atoms with van der Waals surface area (Å²) >= 11 is 0. The zero-order valence-electron chi connectivity index (χ0n) is 7.96. The van der Waals surface area contributed by atoms with Crippen molar-refractivity contribution in [1.82, 2.24) is 0 Å². The molecule has 2 aliphatic rings. The van der Waals surface area contributed by atoms with Crippen molar-refractivity contribution < 1.29 is 0 Å². The summed E-state index contributed by atoms with van der Waals surface area (Å²) in [5.74, 6) is 2.61. The van der Waals surface area contributed by atoms with Gasteiger partial charge < -0.3 is 0 Å². The van der Waals surface area contributed by atoms with E-state index in [0.717, 1.165) is 24.3 Å². The Bertz CT molecular complexity index is 223. The maximum Gasteiger partial charge on any atom is 0.0422 e. The molecule has 3 atom stereocenters. The Labute approximate surface area is 74.6 Å². The molecule has 1 heteroatoms. The Balaban J connectivity index is 1.91. The summed E-state index contributed by atoms with van der Waals surface area (Å²) in [5.41, 5.74) is 1.22. The van der Waals surface area contributed by atoms with E-state index in [4.69, 9.17) is 0 Å². The number of fused-ring (bicyclic) bond motifs is 2. The first-order valence-corrected chi connectivity index (χ1v) is 4.91. The zero-order valence-corrected chi connectivity index (χ0v) is 7.96. The van der Waals surface area contributed by atoms with Gasteiger partial charge in [-0.15, -0.1) is 0 Å². The fourth-order valence-electron chi connectivity index (χ4n) is 2.40. The second-order valence-electron chi connectivity index (χ2n) is 4.33. The van der Waals surface area contributed by atoms with E-state index in [-0.39, 0.29) is 0 Å². The minimum Gasteiger partial charge on any atom is -0.294 e. The molecule has 0 amide bonds. The van der Waals surface area contributed by atoms with Crippen molar-refractivity contribution in [3.8, 4) is 0 Å². The van der Waals surface area contributed by atoms with Crippen molar-refractivity contribution in [2.24, 2.45) is 22.7 Å². The lowest BCUT2D eigenvalue weighted by Crippen LogP contribution is -2.11. The van der Waals surface area contributed by atoms with Crippen LogP contribution in [0.3, 0.4) is 0 Å². The van der Waals surface area contributed by atoms with E-state index in [1.165, 1.54) is 18.6 Å². The lowest BCUT2D eigenvalue weighted by atomic mass is 9.94. The third-order valence-electron chi connectivity index (χ3n) is 3.06. The number of hydrogen-bond donors (Lipinski definition) is 0. The summed E-state index contributed by atoms with van der Waals surface area (Å²) in [6.45, 7) is 5.24. The molecule has 2 aliphatic carbocycles. The van der Waals surface area contributed by atoms with Crippen LogP contribution in [0.1, 0.15) is 26.7 Å². The van der Waals surface area contributed by atoms with Crippen LogP contribution in [0.4, 0.5) is 0 Å². The van der Waals surface area contributed by atoms with Gasteiger partial charge >= 0.3 is 0 Å². The number of allylic oxidation sites excluding steroid dienone is 2. The van der Waals surface area contributed by atoms with Crippen LogP contribution >= 0.6 is 0 Å². The Morgan fingerprint density at radius 2 is 2.17 bits per heavy atom. The Morgan fingerprint density at radius 3 is 2.67 bits per heavy atom. The van der Waals surface area contributed by atoms with Gasteiger partial charge in [-0.1, -0.05) is 12.2 Å². The van der Waals surface area contributed by atoms with E-state index in [9.17, 15) is 0 Å². The molecular weight excluding hydrogens is 146 g/mol. The molecule has 1 saturated carbocycles. The number of nitrogens with zero attached hydrogens (tertiary/aromatic N) is 1. The van der Waals surface area contributed by atoms with Gasteiger partial charge in [-0.3, -0.25) is 4.99 Å². The van der Waals surface area contributed by atoms with Gasteiger partial charge in [0.1, 0.15) is 0 Å². The van der Waals surface area contributed by atoms with Gasteiger partial charge in [0, 0.05) is 12.3 Å². The maximum atomic E-state index is 4.51. The van der Waals surface area contributed by atoms with Crippen molar-refractivity contribution >= 4 is 5.71 Å². The summed E-state index contributed by atoms with van der Waals surface area (Å²) in [6, 6.07) is 0. The summed E-state index contributed by atoms with van der Waals surface area (Å²) in [7, 11) is 0. The van der Waals surface area contributed by atoms with Crippen molar-refractivity contribution in [2.45, 2.75) is 26.7 Å². The Morgan fingerprint density at radius 1 is 1.33 bits per heavy atom. The van der Waals surface area contributed by atoms with Crippen LogP contribution in [0.2, 0.25) is 0 Å². The first-order chi connectivity index (χ1) is 5.75. The van der Waals surface area contributed by atoms with Crippen molar-refractivity contribution in [1.29, 1.82) is 0 Å². The monoisotopic (exact) mass is 163 g/mol. The third-order valence-corrected chi connectivity index (χ3v) is 3.06. The van der Waals surface area contributed by atoms with Gasteiger partial charge in [-0.2, -0.15) is 0 Å². The lowest BCUT2D eigenvalue weighted by Gasteiger charge is -2.15. The predicted molar refractivity (Wildman–Crippen MR) is 52.5 cm³/mol. The fourth-order valence-corrected chi connectivity index (χ4v) is 2.40. The molecule has 2 rings (SSSR count). The van der Waals surface area contributed by atoms with Gasteiger partial charge in [0.15, 0.2) is 0 Å².